The highest BCUT2D eigenvalue weighted by molar-refractivity contribution is 5.49. The smallest absolute Gasteiger partial charge is 0.220 e. The summed E-state index contributed by atoms with van der Waals surface area (Å²) in [6.07, 6.45) is 12.4. The van der Waals surface area contributed by atoms with Crippen molar-refractivity contribution >= 4 is 0 Å². The Bertz CT molecular complexity index is 1360. The van der Waals surface area contributed by atoms with Crippen LogP contribution in [-0.2, 0) is 11.2 Å². The Kier molecular flexibility index (Phi) is 6.99. The highest BCUT2D eigenvalue weighted by Crippen LogP contribution is 2.38. The normalized spacial score (nSPS) is 11.1. The van der Waals surface area contributed by atoms with Crippen LogP contribution < -0.4 is 9.47 Å². The fraction of sp³-hybridized carbons (Fsp3) is 0.0556. The van der Waals surface area contributed by atoms with Gasteiger partial charge in [-0.15, -0.1) is 12.8 Å². The van der Waals surface area contributed by atoms with Crippen molar-refractivity contribution < 1.29 is 9.47 Å². The van der Waals surface area contributed by atoms with Crippen LogP contribution in [-0.4, -0.2) is 0 Å². The molecule has 0 fully saturated rings. The molecule has 5 aromatic rings. The maximum atomic E-state index is 6.64. The van der Waals surface area contributed by atoms with Crippen molar-refractivity contribution in [3.8, 4) is 36.2 Å². The van der Waals surface area contributed by atoms with Crippen LogP contribution in [0.15, 0.2) is 140 Å². The molecule has 0 spiro atoms. The first-order valence-corrected chi connectivity index (χ1v) is 12.3. The molecule has 38 heavy (non-hydrogen) atoms. The molecular formula is C36H25O2. The van der Waals surface area contributed by atoms with Crippen molar-refractivity contribution in [1.82, 2.24) is 0 Å². The monoisotopic (exact) mass is 489 g/mol. The molecule has 1 radical (unpaired) electrons. The lowest BCUT2D eigenvalue weighted by Crippen LogP contribution is -2.34. The zero-order valence-electron chi connectivity index (χ0n) is 20.8. The molecule has 181 valence electrons. The van der Waals surface area contributed by atoms with Gasteiger partial charge in [-0.25, -0.2) is 0 Å². The van der Waals surface area contributed by atoms with Gasteiger partial charge in [0.15, 0.2) is 0 Å². The van der Waals surface area contributed by atoms with Gasteiger partial charge in [-0.1, -0.05) is 121 Å². The molecule has 0 bridgehead atoms. The van der Waals surface area contributed by atoms with Crippen molar-refractivity contribution in [2.45, 2.75) is 11.2 Å². The summed E-state index contributed by atoms with van der Waals surface area (Å²) in [6.45, 7) is 0. The van der Waals surface area contributed by atoms with Gasteiger partial charge in [-0.05, 0) is 24.0 Å². The minimum atomic E-state index is -1.17. The average molecular weight is 490 g/mol. The molecule has 0 saturated carbocycles. The van der Waals surface area contributed by atoms with Gasteiger partial charge in [0.2, 0.25) is 11.2 Å². The molecule has 0 aromatic heterocycles. The fourth-order valence-corrected chi connectivity index (χ4v) is 4.54. The third kappa shape index (κ3) is 4.64. The molecule has 0 atom stereocenters. The number of hydrogen-bond donors (Lipinski definition) is 0. The summed E-state index contributed by atoms with van der Waals surface area (Å²) >= 11 is 0. The Morgan fingerprint density at radius 2 is 0.868 bits per heavy atom. The second kappa shape index (κ2) is 10.8. The van der Waals surface area contributed by atoms with Gasteiger partial charge in [-0.3, -0.25) is 0 Å². The van der Waals surface area contributed by atoms with E-state index >= 15 is 0 Å². The Morgan fingerprint density at radius 1 is 0.500 bits per heavy atom. The van der Waals surface area contributed by atoms with E-state index in [1.54, 1.807) is 12.1 Å². The Hall–Kier alpha value is -5.18. The molecule has 0 aliphatic rings. The first kappa shape index (κ1) is 24.5. The van der Waals surface area contributed by atoms with Gasteiger partial charge in [0.1, 0.15) is 11.5 Å². The number of rotatable bonds is 8. The van der Waals surface area contributed by atoms with E-state index in [4.69, 9.17) is 22.3 Å². The van der Waals surface area contributed by atoms with Crippen LogP contribution in [0.2, 0.25) is 0 Å². The highest BCUT2D eigenvalue weighted by Gasteiger charge is 2.37. The SMILES string of the molecule is C#CC(Oc1[c]ccc(OC(C#C)(c2ccccc2)c2ccccc2)c1)(c1ccccc1)c1ccccc1. The summed E-state index contributed by atoms with van der Waals surface area (Å²) < 4.78 is 13.2. The highest BCUT2D eigenvalue weighted by atomic mass is 16.5. The molecule has 5 rings (SSSR count). The number of benzene rings is 5. The summed E-state index contributed by atoms with van der Waals surface area (Å²) in [5, 5.41) is 0. The predicted molar refractivity (Wildman–Crippen MR) is 152 cm³/mol. The second-order valence-corrected chi connectivity index (χ2v) is 8.71. The molecule has 0 saturated heterocycles. The third-order valence-corrected chi connectivity index (χ3v) is 6.41. The van der Waals surface area contributed by atoms with Crippen molar-refractivity contribution in [2.75, 3.05) is 0 Å². The topological polar surface area (TPSA) is 18.5 Å². The Morgan fingerprint density at radius 3 is 1.24 bits per heavy atom. The van der Waals surface area contributed by atoms with Gasteiger partial charge >= 0.3 is 0 Å². The zero-order valence-corrected chi connectivity index (χ0v) is 20.8. The molecule has 0 aliphatic heterocycles. The summed E-state index contributed by atoms with van der Waals surface area (Å²) in [5.41, 5.74) is 1.04. The lowest BCUT2D eigenvalue weighted by molar-refractivity contribution is 0.163. The Labute approximate surface area is 224 Å². The summed E-state index contributed by atoms with van der Waals surface area (Å²) in [6, 6.07) is 47.6. The maximum Gasteiger partial charge on any atom is 0.220 e. The van der Waals surface area contributed by atoms with Gasteiger partial charge < -0.3 is 9.47 Å². The summed E-state index contributed by atoms with van der Waals surface area (Å²) in [5.74, 6) is 6.79. The first-order valence-electron chi connectivity index (χ1n) is 12.3. The van der Waals surface area contributed by atoms with Crippen molar-refractivity contribution in [2.24, 2.45) is 0 Å². The number of terminal acetylenes is 2. The molecule has 0 unspecified atom stereocenters. The van der Waals surface area contributed by atoms with E-state index in [0.29, 0.717) is 11.5 Å². The first-order chi connectivity index (χ1) is 18.7. The van der Waals surface area contributed by atoms with Gasteiger partial charge in [-0.2, -0.15) is 0 Å². The molecular weight excluding hydrogens is 464 g/mol. The van der Waals surface area contributed by atoms with Crippen LogP contribution in [0.5, 0.6) is 11.5 Å². The van der Waals surface area contributed by atoms with Crippen LogP contribution in [0, 0.1) is 30.8 Å². The van der Waals surface area contributed by atoms with Crippen molar-refractivity contribution in [3.63, 3.8) is 0 Å². The van der Waals surface area contributed by atoms with Gasteiger partial charge in [0.25, 0.3) is 0 Å². The minimum absolute atomic E-state index is 0.431. The molecule has 0 amide bonds. The zero-order chi connectivity index (χ0) is 26.3. The quantitative estimate of drug-likeness (QED) is 0.212. The molecule has 0 aliphatic carbocycles. The molecule has 2 heteroatoms. The average Bonchev–Trinajstić information content (AvgIpc) is 3.01. The summed E-state index contributed by atoms with van der Waals surface area (Å²) in [7, 11) is 0. The van der Waals surface area contributed by atoms with Gasteiger partial charge in [0.05, 0.1) is 0 Å². The van der Waals surface area contributed by atoms with Crippen molar-refractivity contribution in [1.29, 1.82) is 0 Å². The van der Waals surface area contributed by atoms with Crippen LogP contribution >= 0.6 is 0 Å². The molecule has 0 heterocycles. The summed E-state index contributed by atoms with van der Waals surface area (Å²) in [4.78, 5) is 0. The van der Waals surface area contributed by atoms with E-state index in [-0.39, 0.29) is 0 Å². The van der Waals surface area contributed by atoms with E-state index in [1.165, 1.54) is 0 Å². The Balaban J connectivity index is 1.58. The van der Waals surface area contributed by atoms with E-state index in [1.807, 2.05) is 127 Å². The number of ether oxygens (including phenoxy) is 2. The minimum Gasteiger partial charge on any atom is -0.466 e. The predicted octanol–water partition coefficient (Wildman–Crippen LogP) is 7.40. The van der Waals surface area contributed by atoms with E-state index in [0.717, 1.165) is 22.3 Å². The third-order valence-electron chi connectivity index (χ3n) is 6.41. The standard InChI is InChI=1S/C36H25O2/c1-3-35(29-18-9-5-10-19-29,30-20-11-6-12-21-30)37-33-26-17-27-34(28-33)38-36(4-2,31-22-13-7-14-23-31)32-24-15-8-16-25-32/h1-2,5-26,28H. The fourth-order valence-electron chi connectivity index (χ4n) is 4.54. The van der Waals surface area contributed by atoms with E-state index in [9.17, 15) is 0 Å². The molecule has 2 nitrogen and oxygen atoms in total. The molecule has 5 aromatic carbocycles. The van der Waals surface area contributed by atoms with E-state index < -0.39 is 11.2 Å². The van der Waals surface area contributed by atoms with Crippen LogP contribution in [0.1, 0.15) is 22.3 Å². The maximum absolute atomic E-state index is 6.64. The molecule has 0 N–H and O–H groups in total. The lowest BCUT2D eigenvalue weighted by Gasteiger charge is -2.32. The second-order valence-electron chi connectivity index (χ2n) is 8.71. The van der Waals surface area contributed by atoms with E-state index in [2.05, 4.69) is 17.9 Å². The van der Waals surface area contributed by atoms with Crippen LogP contribution in [0.3, 0.4) is 0 Å². The van der Waals surface area contributed by atoms with Crippen molar-refractivity contribution in [3.05, 3.63) is 168 Å². The van der Waals surface area contributed by atoms with Crippen LogP contribution in [0.4, 0.5) is 0 Å². The lowest BCUT2D eigenvalue weighted by atomic mass is 9.86. The number of hydrogen-bond acceptors (Lipinski definition) is 2. The van der Waals surface area contributed by atoms with Crippen LogP contribution in [0.25, 0.3) is 0 Å². The largest absolute Gasteiger partial charge is 0.466 e. The van der Waals surface area contributed by atoms with Gasteiger partial charge in [0, 0.05) is 34.4 Å².